The van der Waals surface area contributed by atoms with Crippen LogP contribution in [0.1, 0.15) is 5.56 Å². The van der Waals surface area contributed by atoms with Gasteiger partial charge >= 0.3 is 0 Å². The first kappa shape index (κ1) is 15.2. The van der Waals surface area contributed by atoms with Crippen molar-refractivity contribution in [1.29, 1.82) is 0 Å². The van der Waals surface area contributed by atoms with E-state index in [1.807, 2.05) is 47.8 Å². The van der Waals surface area contributed by atoms with Gasteiger partial charge in [0.15, 0.2) is 11.5 Å². The standard InChI is InChI=1S/C17H12BrN3O2S/c18-13-7-16-15(22-10-23-16)6-12(13)8-19-21-17-20-14(9-24-17)11-4-2-1-3-5-11/h1-9H,10H2,(H,20,21)/b19-8-. The van der Waals surface area contributed by atoms with Gasteiger partial charge in [0.1, 0.15) is 0 Å². The fraction of sp³-hybridized carbons (Fsp3) is 0.0588. The molecule has 120 valence electrons. The summed E-state index contributed by atoms with van der Waals surface area (Å²) in [6.45, 7) is 0.252. The molecule has 0 amide bonds. The molecule has 0 aliphatic carbocycles. The van der Waals surface area contributed by atoms with Gasteiger partial charge in [0, 0.05) is 21.0 Å². The highest BCUT2D eigenvalue weighted by molar-refractivity contribution is 9.10. The molecule has 0 atom stereocenters. The fourth-order valence-electron chi connectivity index (χ4n) is 2.26. The SMILES string of the molecule is Brc1cc2c(cc1/C=N\Nc1nc(-c3ccccc3)cs1)OCO2. The molecular weight excluding hydrogens is 390 g/mol. The van der Waals surface area contributed by atoms with Gasteiger partial charge in [0.25, 0.3) is 0 Å². The van der Waals surface area contributed by atoms with Crippen LogP contribution in [-0.2, 0) is 0 Å². The van der Waals surface area contributed by atoms with Crippen LogP contribution >= 0.6 is 27.3 Å². The summed E-state index contributed by atoms with van der Waals surface area (Å²) in [6.07, 6.45) is 1.72. The first-order valence-electron chi connectivity index (χ1n) is 7.19. The highest BCUT2D eigenvalue weighted by Crippen LogP contribution is 2.36. The molecule has 2 aromatic carbocycles. The Kier molecular flexibility index (Phi) is 4.18. The minimum atomic E-state index is 0.252. The van der Waals surface area contributed by atoms with Crippen LogP contribution in [0.3, 0.4) is 0 Å². The molecule has 5 nitrogen and oxygen atoms in total. The Balaban J connectivity index is 1.48. The summed E-state index contributed by atoms with van der Waals surface area (Å²) in [5.41, 5.74) is 5.88. The molecule has 1 aromatic heterocycles. The summed E-state index contributed by atoms with van der Waals surface area (Å²) in [5, 5.41) is 6.99. The van der Waals surface area contributed by atoms with Gasteiger partial charge in [-0.1, -0.05) is 30.3 Å². The van der Waals surface area contributed by atoms with Crippen molar-refractivity contribution in [1.82, 2.24) is 4.98 Å². The van der Waals surface area contributed by atoms with Crippen molar-refractivity contribution in [2.75, 3.05) is 12.2 Å². The van der Waals surface area contributed by atoms with Crippen molar-refractivity contribution in [2.24, 2.45) is 5.10 Å². The topological polar surface area (TPSA) is 55.7 Å². The molecule has 1 aliphatic heterocycles. The maximum Gasteiger partial charge on any atom is 0.231 e. The zero-order chi connectivity index (χ0) is 16.4. The monoisotopic (exact) mass is 401 g/mol. The lowest BCUT2D eigenvalue weighted by Crippen LogP contribution is -1.93. The van der Waals surface area contributed by atoms with E-state index in [0.717, 1.165) is 37.9 Å². The van der Waals surface area contributed by atoms with Gasteiger partial charge in [-0.25, -0.2) is 4.98 Å². The van der Waals surface area contributed by atoms with E-state index >= 15 is 0 Å². The van der Waals surface area contributed by atoms with Gasteiger partial charge in [0.05, 0.1) is 11.9 Å². The summed E-state index contributed by atoms with van der Waals surface area (Å²) < 4.78 is 11.6. The zero-order valence-corrected chi connectivity index (χ0v) is 14.8. The van der Waals surface area contributed by atoms with Crippen LogP contribution in [0.4, 0.5) is 5.13 Å². The molecule has 0 saturated heterocycles. The highest BCUT2D eigenvalue weighted by atomic mass is 79.9. The van der Waals surface area contributed by atoms with E-state index in [4.69, 9.17) is 9.47 Å². The number of nitrogens with one attached hydrogen (secondary N) is 1. The molecule has 4 rings (SSSR count). The molecule has 0 unspecified atom stereocenters. The Labute approximate surface area is 151 Å². The van der Waals surface area contributed by atoms with E-state index in [2.05, 4.69) is 31.4 Å². The second-order valence-corrected chi connectivity index (χ2v) is 6.71. The molecule has 24 heavy (non-hydrogen) atoms. The lowest BCUT2D eigenvalue weighted by atomic mass is 10.2. The van der Waals surface area contributed by atoms with Crippen molar-refractivity contribution in [2.45, 2.75) is 0 Å². The first-order chi connectivity index (χ1) is 11.8. The maximum absolute atomic E-state index is 5.38. The number of benzene rings is 2. The number of rotatable bonds is 4. The van der Waals surface area contributed by atoms with Crippen LogP contribution in [0.25, 0.3) is 11.3 Å². The lowest BCUT2D eigenvalue weighted by Gasteiger charge is -2.01. The van der Waals surface area contributed by atoms with Crippen LogP contribution < -0.4 is 14.9 Å². The summed E-state index contributed by atoms with van der Waals surface area (Å²) in [4.78, 5) is 4.53. The van der Waals surface area contributed by atoms with Crippen LogP contribution in [0.5, 0.6) is 11.5 Å². The van der Waals surface area contributed by atoms with Crippen molar-refractivity contribution in [3.05, 3.63) is 57.9 Å². The fourth-order valence-corrected chi connectivity index (χ4v) is 3.35. The maximum atomic E-state index is 5.38. The van der Waals surface area contributed by atoms with Crippen LogP contribution in [-0.4, -0.2) is 18.0 Å². The van der Waals surface area contributed by atoms with E-state index in [1.165, 1.54) is 11.3 Å². The number of nitrogens with zero attached hydrogens (tertiary/aromatic N) is 2. The molecule has 3 aromatic rings. The molecule has 0 radical (unpaired) electrons. The molecule has 1 N–H and O–H groups in total. The quantitative estimate of drug-likeness (QED) is 0.506. The molecular formula is C17H12BrN3O2S. The van der Waals surface area contributed by atoms with E-state index in [0.29, 0.717) is 0 Å². The largest absolute Gasteiger partial charge is 0.454 e. The molecule has 1 aliphatic rings. The third kappa shape index (κ3) is 3.13. The molecule has 7 heteroatoms. The number of halogens is 1. The van der Waals surface area contributed by atoms with E-state index in [-0.39, 0.29) is 6.79 Å². The third-order valence-electron chi connectivity index (χ3n) is 3.43. The minimum absolute atomic E-state index is 0.252. The molecule has 0 spiro atoms. The van der Waals surface area contributed by atoms with Gasteiger partial charge in [-0.3, -0.25) is 5.43 Å². The van der Waals surface area contributed by atoms with Crippen molar-refractivity contribution in [3.63, 3.8) is 0 Å². The minimum Gasteiger partial charge on any atom is -0.454 e. The average molecular weight is 402 g/mol. The van der Waals surface area contributed by atoms with Gasteiger partial charge in [0.2, 0.25) is 11.9 Å². The van der Waals surface area contributed by atoms with Gasteiger partial charge in [-0.2, -0.15) is 5.10 Å². The van der Waals surface area contributed by atoms with Gasteiger partial charge in [-0.15, -0.1) is 11.3 Å². The number of hydrogen-bond acceptors (Lipinski definition) is 6. The molecule has 0 bridgehead atoms. The van der Waals surface area contributed by atoms with Crippen molar-refractivity contribution < 1.29 is 9.47 Å². The molecule has 0 fully saturated rings. The Morgan fingerprint density at radius 3 is 2.79 bits per heavy atom. The summed E-state index contributed by atoms with van der Waals surface area (Å²) in [5.74, 6) is 1.46. The molecule has 2 heterocycles. The number of hydrogen-bond donors (Lipinski definition) is 1. The Morgan fingerprint density at radius 2 is 1.96 bits per heavy atom. The predicted molar refractivity (Wildman–Crippen MR) is 99.0 cm³/mol. The van der Waals surface area contributed by atoms with Crippen LogP contribution in [0.2, 0.25) is 0 Å². The Morgan fingerprint density at radius 1 is 1.17 bits per heavy atom. The third-order valence-corrected chi connectivity index (χ3v) is 4.86. The Hall–Kier alpha value is -2.38. The number of anilines is 1. The van der Waals surface area contributed by atoms with E-state index in [1.54, 1.807) is 6.21 Å². The van der Waals surface area contributed by atoms with Crippen LogP contribution in [0.15, 0.2) is 57.4 Å². The average Bonchev–Trinajstić information content (AvgIpc) is 3.25. The number of ether oxygens (including phenoxy) is 2. The number of hydrazone groups is 1. The van der Waals surface area contributed by atoms with E-state index in [9.17, 15) is 0 Å². The van der Waals surface area contributed by atoms with Gasteiger partial charge < -0.3 is 9.47 Å². The van der Waals surface area contributed by atoms with Gasteiger partial charge in [-0.05, 0) is 28.1 Å². The number of thiazole rings is 1. The second kappa shape index (κ2) is 6.62. The predicted octanol–water partition coefficient (Wildman–Crippen LogP) is 4.75. The highest BCUT2D eigenvalue weighted by Gasteiger charge is 2.15. The lowest BCUT2D eigenvalue weighted by molar-refractivity contribution is 0.174. The summed E-state index contributed by atoms with van der Waals surface area (Å²) >= 11 is 5.01. The van der Waals surface area contributed by atoms with Crippen molar-refractivity contribution in [3.8, 4) is 22.8 Å². The molecule has 0 saturated carbocycles. The van der Waals surface area contributed by atoms with Crippen molar-refractivity contribution >= 4 is 38.6 Å². The smallest absolute Gasteiger partial charge is 0.231 e. The normalized spacial score (nSPS) is 12.7. The van der Waals surface area contributed by atoms with Crippen LogP contribution in [0, 0.1) is 0 Å². The number of aromatic nitrogens is 1. The Bertz CT molecular complexity index is 896. The van der Waals surface area contributed by atoms with E-state index < -0.39 is 0 Å². The summed E-state index contributed by atoms with van der Waals surface area (Å²) in [7, 11) is 0. The summed E-state index contributed by atoms with van der Waals surface area (Å²) in [6, 6.07) is 13.8. The zero-order valence-electron chi connectivity index (χ0n) is 12.4. The number of fused-ring (bicyclic) bond motifs is 1. The second-order valence-electron chi connectivity index (χ2n) is 5.00. The first-order valence-corrected chi connectivity index (χ1v) is 8.86.